The Morgan fingerprint density at radius 3 is 2.68 bits per heavy atom. The number of imidazole rings is 1. The minimum Gasteiger partial charge on any atom is -0.365 e. The monoisotopic (exact) mass is 393 g/mol. The van der Waals surface area contributed by atoms with Crippen LogP contribution in [0.3, 0.4) is 0 Å². The highest BCUT2D eigenvalue weighted by Crippen LogP contribution is 2.28. The highest BCUT2D eigenvalue weighted by Gasteiger charge is 2.12. The average molecular weight is 394 g/mol. The van der Waals surface area contributed by atoms with E-state index in [0.29, 0.717) is 12.5 Å². The molecular weight excluding hydrogens is 370 g/mol. The van der Waals surface area contributed by atoms with Crippen LogP contribution in [0.5, 0.6) is 0 Å². The van der Waals surface area contributed by atoms with E-state index in [1.54, 1.807) is 12.4 Å². The van der Waals surface area contributed by atoms with Crippen molar-refractivity contribution in [2.24, 2.45) is 0 Å². The van der Waals surface area contributed by atoms with Gasteiger partial charge < -0.3 is 20.2 Å². The zero-order valence-electron chi connectivity index (χ0n) is 16.0. The van der Waals surface area contributed by atoms with Gasteiger partial charge in [-0.1, -0.05) is 6.92 Å². The summed E-state index contributed by atoms with van der Waals surface area (Å²) >= 11 is 5.46. The van der Waals surface area contributed by atoms with Gasteiger partial charge in [-0.2, -0.15) is 4.98 Å². The van der Waals surface area contributed by atoms with Gasteiger partial charge in [0.15, 0.2) is 4.77 Å². The van der Waals surface area contributed by atoms with Gasteiger partial charge in [0.2, 0.25) is 5.95 Å². The Balaban J connectivity index is 1.82. The number of benzene rings is 1. The highest BCUT2D eigenvalue weighted by atomic mass is 32.1. The summed E-state index contributed by atoms with van der Waals surface area (Å²) < 4.78 is 2.80. The topological polar surface area (TPSA) is 83.5 Å². The van der Waals surface area contributed by atoms with Crippen LogP contribution < -0.4 is 10.6 Å². The van der Waals surface area contributed by atoms with E-state index < -0.39 is 0 Å². The lowest BCUT2D eigenvalue weighted by Crippen LogP contribution is -2.08. The number of rotatable bonds is 7. The second-order valence-corrected chi connectivity index (χ2v) is 6.98. The van der Waals surface area contributed by atoms with Gasteiger partial charge in [0.1, 0.15) is 5.82 Å². The Morgan fingerprint density at radius 2 is 1.93 bits per heavy atom. The molecule has 0 radical (unpaired) electrons. The predicted octanol–water partition coefficient (Wildman–Crippen LogP) is 4.49. The molecule has 0 bridgehead atoms. The number of H-pyrrole nitrogens is 1. The smallest absolute Gasteiger partial charge is 0.225 e. The molecule has 0 fully saturated rings. The lowest BCUT2D eigenvalue weighted by Gasteiger charge is -2.12. The van der Waals surface area contributed by atoms with Gasteiger partial charge in [-0.25, -0.2) is 4.98 Å². The molecule has 28 heavy (non-hydrogen) atoms. The molecule has 7 nitrogen and oxygen atoms in total. The normalized spacial score (nSPS) is 11.2. The minimum atomic E-state index is 0.628. The number of aromatic nitrogens is 5. The van der Waals surface area contributed by atoms with Crippen LogP contribution in [0, 0.1) is 4.77 Å². The Hall–Kier alpha value is -3.00. The van der Waals surface area contributed by atoms with Crippen molar-refractivity contribution in [3.63, 3.8) is 0 Å². The zero-order chi connectivity index (χ0) is 19.5. The van der Waals surface area contributed by atoms with Crippen LogP contribution in [0.25, 0.3) is 21.9 Å². The third-order valence-electron chi connectivity index (χ3n) is 4.65. The molecular formula is C20H23N7S. The lowest BCUT2D eigenvalue weighted by molar-refractivity contribution is 0.774. The summed E-state index contributed by atoms with van der Waals surface area (Å²) in [5, 5.41) is 7.72. The molecule has 0 aliphatic rings. The van der Waals surface area contributed by atoms with Crippen LogP contribution >= 0.6 is 12.2 Å². The molecule has 8 heteroatoms. The maximum atomic E-state index is 5.46. The number of aromatic amines is 1. The van der Waals surface area contributed by atoms with Crippen molar-refractivity contribution >= 4 is 45.9 Å². The van der Waals surface area contributed by atoms with Crippen LogP contribution in [-0.4, -0.2) is 31.0 Å². The quantitative estimate of drug-likeness (QED) is 0.401. The van der Waals surface area contributed by atoms with Gasteiger partial charge in [-0.15, -0.1) is 0 Å². The molecule has 4 aromatic rings. The van der Waals surface area contributed by atoms with E-state index in [2.05, 4.69) is 51.1 Å². The number of nitrogens with one attached hydrogen (secondary N) is 3. The molecule has 0 atom stereocenters. The first kappa shape index (κ1) is 18.4. The van der Waals surface area contributed by atoms with Gasteiger partial charge in [-0.3, -0.25) is 4.98 Å². The van der Waals surface area contributed by atoms with Crippen LogP contribution in [0.2, 0.25) is 0 Å². The summed E-state index contributed by atoms with van der Waals surface area (Å²) in [5.74, 6) is 1.42. The Kier molecular flexibility index (Phi) is 5.21. The third-order valence-corrected chi connectivity index (χ3v) is 4.97. The summed E-state index contributed by atoms with van der Waals surface area (Å²) in [6.45, 7) is 6.50. The van der Waals surface area contributed by atoms with Crippen molar-refractivity contribution in [3.05, 3.63) is 47.0 Å². The number of nitrogens with zero attached hydrogens (tertiary/aromatic N) is 4. The van der Waals surface area contributed by atoms with Crippen LogP contribution in [0.15, 0.2) is 36.7 Å². The number of anilines is 2. The summed E-state index contributed by atoms with van der Waals surface area (Å²) in [7, 11) is 0. The van der Waals surface area contributed by atoms with E-state index in [9.17, 15) is 0 Å². The molecule has 0 aliphatic carbocycles. The molecule has 3 heterocycles. The summed E-state index contributed by atoms with van der Waals surface area (Å²) in [4.78, 5) is 16.8. The van der Waals surface area contributed by atoms with Crippen LogP contribution in [0.4, 0.5) is 11.8 Å². The van der Waals surface area contributed by atoms with E-state index in [0.717, 1.165) is 57.6 Å². The Bertz CT molecular complexity index is 1160. The number of pyridine rings is 1. The van der Waals surface area contributed by atoms with Crippen molar-refractivity contribution in [2.75, 3.05) is 17.2 Å². The van der Waals surface area contributed by atoms with Gasteiger partial charge in [0, 0.05) is 37.4 Å². The standard InChI is InChI=1S/C20H23N7S/c1-3-7-22-19-24-15-11-17-16(25-20(28)27(17)4-2)10-14(15)18(26-19)23-12-13-5-8-21-9-6-13/h5-6,8-11H,3-4,7,12H2,1-2H3,(H,25,28)(H2,22,23,24,26). The van der Waals surface area contributed by atoms with E-state index in [1.165, 1.54) is 0 Å². The third kappa shape index (κ3) is 3.55. The fourth-order valence-electron chi connectivity index (χ4n) is 3.23. The van der Waals surface area contributed by atoms with Gasteiger partial charge in [0.25, 0.3) is 0 Å². The van der Waals surface area contributed by atoms with E-state index >= 15 is 0 Å². The van der Waals surface area contributed by atoms with Gasteiger partial charge in [-0.05, 0) is 55.4 Å². The Labute approximate surface area is 168 Å². The molecule has 0 amide bonds. The molecule has 144 valence electrons. The van der Waals surface area contributed by atoms with Gasteiger partial charge in [0.05, 0.1) is 16.6 Å². The SMILES string of the molecule is CCCNc1nc(NCc2ccncc2)c2cc3[nH]c(=S)n(CC)c3cc2n1. The lowest BCUT2D eigenvalue weighted by atomic mass is 10.2. The summed E-state index contributed by atoms with van der Waals surface area (Å²) in [5.41, 5.74) is 4.07. The largest absolute Gasteiger partial charge is 0.365 e. The minimum absolute atomic E-state index is 0.628. The maximum absolute atomic E-state index is 5.46. The van der Waals surface area contributed by atoms with Crippen molar-refractivity contribution < 1.29 is 0 Å². The van der Waals surface area contributed by atoms with Crippen molar-refractivity contribution in [1.29, 1.82) is 0 Å². The van der Waals surface area contributed by atoms with Crippen molar-refractivity contribution in [3.8, 4) is 0 Å². The first-order chi connectivity index (χ1) is 13.7. The van der Waals surface area contributed by atoms with Gasteiger partial charge >= 0.3 is 0 Å². The number of aryl methyl sites for hydroxylation is 1. The highest BCUT2D eigenvalue weighted by molar-refractivity contribution is 7.71. The van der Waals surface area contributed by atoms with Crippen LogP contribution in [-0.2, 0) is 13.1 Å². The van der Waals surface area contributed by atoms with Crippen molar-refractivity contribution in [2.45, 2.75) is 33.4 Å². The average Bonchev–Trinajstić information content (AvgIpc) is 3.03. The molecule has 0 spiro atoms. The number of hydrogen-bond donors (Lipinski definition) is 3. The fourth-order valence-corrected chi connectivity index (χ4v) is 3.57. The number of fused-ring (bicyclic) bond motifs is 2. The Morgan fingerprint density at radius 1 is 1.11 bits per heavy atom. The predicted molar refractivity (Wildman–Crippen MR) is 116 cm³/mol. The second kappa shape index (κ2) is 7.93. The molecule has 3 aromatic heterocycles. The molecule has 3 N–H and O–H groups in total. The second-order valence-electron chi connectivity index (χ2n) is 6.59. The van der Waals surface area contributed by atoms with E-state index in [1.807, 2.05) is 12.1 Å². The molecule has 0 saturated carbocycles. The molecule has 1 aromatic carbocycles. The molecule has 0 unspecified atom stereocenters. The molecule has 4 rings (SSSR count). The molecule has 0 aliphatic heterocycles. The summed E-state index contributed by atoms with van der Waals surface area (Å²) in [6, 6.07) is 8.13. The number of hydrogen-bond acceptors (Lipinski definition) is 6. The maximum Gasteiger partial charge on any atom is 0.225 e. The molecule has 0 saturated heterocycles. The first-order valence-electron chi connectivity index (χ1n) is 9.50. The first-order valence-corrected chi connectivity index (χ1v) is 9.91. The van der Waals surface area contributed by atoms with Crippen LogP contribution in [0.1, 0.15) is 25.8 Å². The van der Waals surface area contributed by atoms with E-state index in [4.69, 9.17) is 22.2 Å². The van der Waals surface area contributed by atoms with Crippen molar-refractivity contribution in [1.82, 2.24) is 24.5 Å². The summed E-state index contributed by atoms with van der Waals surface area (Å²) in [6.07, 6.45) is 4.59. The fraction of sp³-hybridized carbons (Fsp3) is 0.300. The zero-order valence-corrected chi connectivity index (χ0v) is 16.8. The van der Waals surface area contributed by atoms with E-state index in [-0.39, 0.29) is 0 Å².